The molecule has 0 aliphatic heterocycles. The van der Waals surface area contributed by atoms with Gasteiger partial charge in [-0.25, -0.2) is 0 Å². The number of rotatable bonds is 4. The Morgan fingerprint density at radius 2 is 1.62 bits per heavy atom. The Kier molecular flexibility index (Phi) is 4.31. The lowest BCUT2D eigenvalue weighted by molar-refractivity contribution is 0.306. The molecule has 1 aromatic heterocycles. The number of halogens is 1. The smallest absolute Gasteiger partial charge is 0.119 e. The van der Waals surface area contributed by atoms with E-state index in [4.69, 9.17) is 4.74 Å². The van der Waals surface area contributed by atoms with Crippen LogP contribution < -0.4 is 4.74 Å². The number of nitrogens with zero attached hydrogens (tertiary/aromatic N) is 1. The van der Waals surface area contributed by atoms with Crippen molar-refractivity contribution in [1.82, 2.24) is 4.98 Å². The fraction of sp³-hybridized carbons (Fsp3) is 0.0556. The van der Waals surface area contributed by atoms with Gasteiger partial charge in [0.2, 0.25) is 0 Å². The van der Waals surface area contributed by atoms with E-state index in [1.807, 2.05) is 42.5 Å². The van der Waals surface area contributed by atoms with Crippen LogP contribution in [-0.2, 0) is 6.61 Å². The number of ether oxygens (including phenoxy) is 1. The zero-order valence-electron chi connectivity index (χ0n) is 11.4. The highest BCUT2D eigenvalue weighted by Gasteiger charge is 2.00. The molecule has 0 N–H and O–H groups in total. The number of hydrogen-bond acceptors (Lipinski definition) is 2. The van der Waals surface area contributed by atoms with Crippen molar-refractivity contribution in [3.05, 3.63) is 83.0 Å². The summed E-state index contributed by atoms with van der Waals surface area (Å²) in [4.78, 5) is 4.34. The Morgan fingerprint density at radius 3 is 2.29 bits per heavy atom. The van der Waals surface area contributed by atoms with E-state index in [2.05, 4.69) is 45.2 Å². The third-order valence-electron chi connectivity index (χ3n) is 3.13. The summed E-state index contributed by atoms with van der Waals surface area (Å²) in [6.45, 7) is 0.560. The third kappa shape index (κ3) is 3.70. The van der Waals surface area contributed by atoms with Gasteiger partial charge in [0.05, 0.1) is 5.69 Å². The lowest BCUT2D eigenvalue weighted by Gasteiger charge is -2.07. The second-order valence-corrected chi connectivity index (χ2v) is 5.57. The molecule has 0 spiro atoms. The number of benzene rings is 2. The molecule has 21 heavy (non-hydrogen) atoms. The lowest BCUT2D eigenvalue weighted by atomic mass is 10.1. The van der Waals surface area contributed by atoms with E-state index in [-0.39, 0.29) is 0 Å². The van der Waals surface area contributed by atoms with E-state index in [0.29, 0.717) is 6.61 Å². The van der Waals surface area contributed by atoms with Crippen molar-refractivity contribution in [2.45, 2.75) is 6.61 Å². The van der Waals surface area contributed by atoms with Gasteiger partial charge in [0, 0.05) is 16.2 Å². The number of aromatic nitrogens is 1. The van der Waals surface area contributed by atoms with E-state index in [9.17, 15) is 0 Å². The standard InChI is InChI=1S/C18H14BrNO/c19-16-8-10-17(11-9-16)21-13-14-4-6-15(7-5-14)18-3-1-2-12-20-18/h1-12H,13H2. The Morgan fingerprint density at radius 1 is 0.857 bits per heavy atom. The molecule has 3 heteroatoms. The van der Waals surface area contributed by atoms with Gasteiger partial charge in [0.1, 0.15) is 12.4 Å². The summed E-state index contributed by atoms with van der Waals surface area (Å²) in [6, 6.07) is 22.1. The molecule has 0 bridgehead atoms. The van der Waals surface area contributed by atoms with Gasteiger partial charge in [0.15, 0.2) is 0 Å². The Hall–Kier alpha value is -2.13. The molecule has 0 radical (unpaired) electrons. The molecule has 0 saturated heterocycles. The maximum Gasteiger partial charge on any atom is 0.119 e. The van der Waals surface area contributed by atoms with Crippen molar-refractivity contribution in [2.75, 3.05) is 0 Å². The van der Waals surface area contributed by atoms with Crippen LogP contribution in [0.15, 0.2) is 77.4 Å². The van der Waals surface area contributed by atoms with Crippen LogP contribution in [0.2, 0.25) is 0 Å². The lowest BCUT2D eigenvalue weighted by Crippen LogP contribution is -1.95. The molecule has 2 nitrogen and oxygen atoms in total. The van der Waals surface area contributed by atoms with Gasteiger partial charge in [-0.2, -0.15) is 0 Å². The summed E-state index contributed by atoms with van der Waals surface area (Å²) < 4.78 is 6.81. The molecule has 0 fully saturated rings. The van der Waals surface area contributed by atoms with E-state index in [0.717, 1.165) is 27.0 Å². The highest BCUT2D eigenvalue weighted by atomic mass is 79.9. The molecule has 0 aliphatic rings. The predicted octanol–water partition coefficient (Wildman–Crippen LogP) is 5.09. The SMILES string of the molecule is Brc1ccc(OCc2ccc(-c3ccccn3)cc2)cc1. The quantitative estimate of drug-likeness (QED) is 0.660. The average Bonchev–Trinajstić information content (AvgIpc) is 2.56. The summed E-state index contributed by atoms with van der Waals surface area (Å²) in [5.74, 6) is 0.868. The predicted molar refractivity (Wildman–Crippen MR) is 88.1 cm³/mol. The average molecular weight is 340 g/mol. The Bertz CT molecular complexity index is 694. The van der Waals surface area contributed by atoms with Gasteiger partial charge in [-0.05, 0) is 42.0 Å². The molecule has 0 amide bonds. The summed E-state index contributed by atoms with van der Waals surface area (Å²) in [5, 5.41) is 0. The van der Waals surface area contributed by atoms with Crippen molar-refractivity contribution >= 4 is 15.9 Å². The van der Waals surface area contributed by atoms with Crippen molar-refractivity contribution < 1.29 is 4.74 Å². The van der Waals surface area contributed by atoms with Crippen molar-refractivity contribution in [1.29, 1.82) is 0 Å². The minimum Gasteiger partial charge on any atom is -0.489 e. The van der Waals surface area contributed by atoms with Crippen LogP contribution in [0, 0.1) is 0 Å². The minimum absolute atomic E-state index is 0.560. The van der Waals surface area contributed by atoms with Crippen LogP contribution in [0.1, 0.15) is 5.56 Å². The molecule has 0 aliphatic carbocycles. The van der Waals surface area contributed by atoms with Gasteiger partial charge in [-0.3, -0.25) is 4.98 Å². The van der Waals surface area contributed by atoms with Gasteiger partial charge >= 0.3 is 0 Å². The molecule has 3 rings (SSSR count). The first-order valence-corrected chi connectivity index (χ1v) is 7.49. The van der Waals surface area contributed by atoms with Gasteiger partial charge in [-0.1, -0.05) is 46.3 Å². The molecule has 1 heterocycles. The van der Waals surface area contributed by atoms with E-state index < -0.39 is 0 Å². The summed E-state index contributed by atoms with van der Waals surface area (Å²) in [6.07, 6.45) is 1.81. The topological polar surface area (TPSA) is 22.1 Å². The Labute approximate surface area is 132 Å². The molecular weight excluding hydrogens is 326 g/mol. The van der Waals surface area contributed by atoms with Crippen LogP contribution in [0.4, 0.5) is 0 Å². The van der Waals surface area contributed by atoms with Gasteiger partial charge < -0.3 is 4.74 Å². The van der Waals surface area contributed by atoms with Crippen LogP contribution in [0.5, 0.6) is 5.75 Å². The fourth-order valence-electron chi connectivity index (χ4n) is 2.00. The minimum atomic E-state index is 0.560. The van der Waals surface area contributed by atoms with Crippen LogP contribution in [0.3, 0.4) is 0 Å². The fourth-order valence-corrected chi connectivity index (χ4v) is 2.27. The molecule has 0 saturated carbocycles. The van der Waals surface area contributed by atoms with Crippen molar-refractivity contribution in [3.63, 3.8) is 0 Å². The summed E-state index contributed by atoms with van der Waals surface area (Å²) >= 11 is 3.41. The van der Waals surface area contributed by atoms with Crippen LogP contribution in [0.25, 0.3) is 11.3 Å². The molecular formula is C18H14BrNO. The first-order chi connectivity index (χ1) is 10.3. The summed E-state index contributed by atoms with van der Waals surface area (Å²) in [7, 11) is 0. The molecule has 2 aromatic carbocycles. The largest absolute Gasteiger partial charge is 0.489 e. The van der Waals surface area contributed by atoms with E-state index in [1.165, 1.54) is 0 Å². The molecule has 104 valence electrons. The van der Waals surface area contributed by atoms with Crippen LogP contribution in [-0.4, -0.2) is 4.98 Å². The molecule has 3 aromatic rings. The van der Waals surface area contributed by atoms with Crippen LogP contribution >= 0.6 is 15.9 Å². The normalized spacial score (nSPS) is 10.3. The number of pyridine rings is 1. The number of hydrogen-bond donors (Lipinski definition) is 0. The highest BCUT2D eigenvalue weighted by molar-refractivity contribution is 9.10. The first kappa shape index (κ1) is 13.8. The van der Waals surface area contributed by atoms with Crippen molar-refractivity contribution in [2.24, 2.45) is 0 Å². The monoisotopic (exact) mass is 339 g/mol. The third-order valence-corrected chi connectivity index (χ3v) is 3.66. The zero-order valence-corrected chi connectivity index (χ0v) is 13.0. The molecule has 0 unspecified atom stereocenters. The maximum absolute atomic E-state index is 5.76. The Balaban J connectivity index is 1.66. The maximum atomic E-state index is 5.76. The van der Waals surface area contributed by atoms with E-state index in [1.54, 1.807) is 6.20 Å². The van der Waals surface area contributed by atoms with Crippen molar-refractivity contribution in [3.8, 4) is 17.0 Å². The first-order valence-electron chi connectivity index (χ1n) is 6.70. The van der Waals surface area contributed by atoms with E-state index >= 15 is 0 Å². The second kappa shape index (κ2) is 6.55. The highest BCUT2D eigenvalue weighted by Crippen LogP contribution is 2.19. The zero-order chi connectivity index (χ0) is 14.5. The van der Waals surface area contributed by atoms with Gasteiger partial charge in [-0.15, -0.1) is 0 Å². The molecule has 0 atom stereocenters. The second-order valence-electron chi connectivity index (χ2n) is 4.65. The van der Waals surface area contributed by atoms with Gasteiger partial charge in [0.25, 0.3) is 0 Å². The summed E-state index contributed by atoms with van der Waals surface area (Å²) in [5.41, 5.74) is 3.23.